The minimum Gasteiger partial charge on any atom is -0.327 e. The molecule has 2 nitrogen and oxygen atoms in total. The fraction of sp³-hybridized carbons (Fsp3) is 0.562. The maximum Gasteiger partial charge on any atom is 0.0941 e. The smallest absolute Gasteiger partial charge is 0.0941 e. The van der Waals surface area contributed by atoms with Crippen molar-refractivity contribution in [3.8, 4) is 0 Å². The van der Waals surface area contributed by atoms with Crippen molar-refractivity contribution in [2.45, 2.75) is 45.1 Å². The fourth-order valence-electron chi connectivity index (χ4n) is 3.22. The van der Waals surface area contributed by atoms with Crippen LogP contribution >= 0.6 is 11.3 Å². The second kappa shape index (κ2) is 5.59. The molecule has 3 heteroatoms. The zero-order chi connectivity index (χ0) is 13.2. The summed E-state index contributed by atoms with van der Waals surface area (Å²) < 4.78 is 1.30. The second-order valence-electron chi connectivity index (χ2n) is 5.79. The normalized spacial score (nSPS) is 27.8. The van der Waals surface area contributed by atoms with E-state index >= 15 is 0 Å². The van der Waals surface area contributed by atoms with Crippen molar-refractivity contribution in [2.24, 2.45) is 17.6 Å². The highest BCUT2D eigenvalue weighted by atomic mass is 32.1. The number of benzene rings is 1. The average molecular weight is 274 g/mol. The number of thiazole rings is 1. The Hall–Kier alpha value is -0.930. The molecule has 0 saturated heterocycles. The summed E-state index contributed by atoms with van der Waals surface area (Å²) in [5, 5.41) is 1.26. The van der Waals surface area contributed by atoms with Crippen LogP contribution in [0.25, 0.3) is 10.2 Å². The largest absolute Gasteiger partial charge is 0.327 e. The number of hydrogen-bond donors (Lipinski definition) is 1. The molecular weight excluding hydrogens is 252 g/mol. The van der Waals surface area contributed by atoms with Crippen molar-refractivity contribution >= 4 is 21.6 Å². The summed E-state index contributed by atoms with van der Waals surface area (Å²) in [6.07, 6.45) is 6.15. The van der Waals surface area contributed by atoms with Gasteiger partial charge in [0.1, 0.15) is 0 Å². The van der Waals surface area contributed by atoms with Gasteiger partial charge < -0.3 is 5.73 Å². The Morgan fingerprint density at radius 1 is 1.32 bits per heavy atom. The SMILES string of the molecule is CCC1CCC(N)C(Cc2nc3ccccc3s2)C1. The zero-order valence-electron chi connectivity index (χ0n) is 11.5. The van der Waals surface area contributed by atoms with Gasteiger partial charge in [-0.25, -0.2) is 4.98 Å². The standard InChI is InChI=1S/C16H22N2S/c1-2-11-7-8-13(17)12(9-11)10-16-18-14-5-3-4-6-15(14)19-16/h3-6,11-13H,2,7-10,17H2,1H3. The van der Waals surface area contributed by atoms with Crippen LogP contribution in [0.3, 0.4) is 0 Å². The third-order valence-electron chi connectivity index (χ3n) is 4.50. The predicted molar refractivity (Wildman–Crippen MR) is 82.4 cm³/mol. The first-order valence-corrected chi connectivity index (χ1v) is 8.18. The number of nitrogens with two attached hydrogens (primary N) is 1. The molecule has 0 spiro atoms. The summed E-state index contributed by atoms with van der Waals surface area (Å²) >= 11 is 1.84. The maximum absolute atomic E-state index is 6.31. The highest BCUT2D eigenvalue weighted by Gasteiger charge is 2.28. The van der Waals surface area contributed by atoms with Crippen LogP contribution in [0.2, 0.25) is 0 Å². The summed E-state index contributed by atoms with van der Waals surface area (Å²) in [6, 6.07) is 8.78. The van der Waals surface area contributed by atoms with E-state index in [2.05, 4.69) is 31.2 Å². The molecule has 1 saturated carbocycles. The molecule has 0 aliphatic heterocycles. The van der Waals surface area contributed by atoms with Gasteiger partial charge in [0.15, 0.2) is 0 Å². The molecule has 1 aromatic carbocycles. The first kappa shape index (κ1) is 13.1. The number of para-hydroxylation sites is 1. The lowest BCUT2D eigenvalue weighted by Gasteiger charge is -2.33. The van der Waals surface area contributed by atoms with Gasteiger partial charge in [-0.1, -0.05) is 25.5 Å². The number of fused-ring (bicyclic) bond motifs is 1. The average Bonchev–Trinajstić information content (AvgIpc) is 2.83. The third kappa shape index (κ3) is 2.82. The van der Waals surface area contributed by atoms with Crippen LogP contribution in [-0.2, 0) is 6.42 Å². The van der Waals surface area contributed by atoms with Crippen molar-refractivity contribution in [3.63, 3.8) is 0 Å². The van der Waals surface area contributed by atoms with Crippen LogP contribution in [0.1, 0.15) is 37.6 Å². The van der Waals surface area contributed by atoms with E-state index < -0.39 is 0 Å². The van der Waals surface area contributed by atoms with E-state index in [1.807, 2.05) is 11.3 Å². The van der Waals surface area contributed by atoms with Gasteiger partial charge in [0.25, 0.3) is 0 Å². The quantitative estimate of drug-likeness (QED) is 0.919. The molecule has 102 valence electrons. The van der Waals surface area contributed by atoms with E-state index in [9.17, 15) is 0 Å². The van der Waals surface area contributed by atoms with Crippen LogP contribution in [0.5, 0.6) is 0 Å². The lowest BCUT2D eigenvalue weighted by Crippen LogP contribution is -2.37. The van der Waals surface area contributed by atoms with Crippen molar-refractivity contribution in [3.05, 3.63) is 29.3 Å². The molecule has 0 bridgehead atoms. The lowest BCUT2D eigenvalue weighted by atomic mass is 9.76. The summed E-state index contributed by atoms with van der Waals surface area (Å²) in [5.74, 6) is 1.50. The molecule has 0 amide bonds. The van der Waals surface area contributed by atoms with Gasteiger partial charge >= 0.3 is 0 Å². The van der Waals surface area contributed by atoms with Gasteiger partial charge in [0.2, 0.25) is 0 Å². The number of rotatable bonds is 3. The van der Waals surface area contributed by atoms with Gasteiger partial charge in [-0.15, -0.1) is 11.3 Å². The van der Waals surface area contributed by atoms with Gasteiger partial charge in [-0.2, -0.15) is 0 Å². The van der Waals surface area contributed by atoms with Crippen LogP contribution in [0.4, 0.5) is 0 Å². The summed E-state index contributed by atoms with van der Waals surface area (Å²) in [7, 11) is 0. The summed E-state index contributed by atoms with van der Waals surface area (Å²) in [4.78, 5) is 4.76. The molecule has 19 heavy (non-hydrogen) atoms. The fourth-order valence-corrected chi connectivity index (χ4v) is 4.28. The van der Waals surface area contributed by atoms with E-state index in [1.54, 1.807) is 0 Å². The van der Waals surface area contributed by atoms with Crippen molar-refractivity contribution < 1.29 is 0 Å². The van der Waals surface area contributed by atoms with Crippen LogP contribution in [0.15, 0.2) is 24.3 Å². The third-order valence-corrected chi connectivity index (χ3v) is 5.56. The molecule has 1 aliphatic carbocycles. The number of nitrogens with zero attached hydrogens (tertiary/aromatic N) is 1. The molecule has 1 aliphatic rings. The van der Waals surface area contributed by atoms with E-state index in [0.29, 0.717) is 12.0 Å². The first-order chi connectivity index (χ1) is 9.26. The van der Waals surface area contributed by atoms with E-state index in [-0.39, 0.29) is 0 Å². The monoisotopic (exact) mass is 274 g/mol. The van der Waals surface area contributed by atoms with Crippen LogP contribution in [0, 0.1) is 11.8 Å². The molecule has 2 aromatic rings. The van der Waals surface area contributed by atoms with Crippen LogP contribution in [-0.4, -0.2) is 11.0 Å². The molecule has 3 rings (SSSR count). The van der Waals surface area contributed by atoms with E-state index in [4.69, 9.17) is 10.7 Å². The maximum atomic E-state index is 6.31. The van der Waals surface area contributed by atoms with Crippen molar-refractivity contribution in [2.75, 3.05) is 0 Å². The Kier molecular flexibility index (Phi) is 3.85. The molecule has 1 aromatic heterocycles. The Morgan fingerprint density at radius 3 is 2.95 bits per heavy atom. The Labute approximate surface area is 119 Å². The molecule has 3 atom stereocenters. The topological polar surface area (TPSA) is 38.9 Å². The summed E-state index contributed by atoms with van der Waals surface area (Å²) in [6.45, 7) is 2.30. The van der Waals surface area contributed by atoms with E-state index in [1.165, 1.54) is 35.4 Å². The Morgan fingerprint density at radius 2 is 2.16 bits per heavy atom. The molecule has 1 heterocycles. The van der Waals surface area contributed by atoms with Gasteiger partial charge in [0, 0.05) is 12.5 Å². The zero-order valence-corrected chi connectivity index (χ0v) is 12.3. The number of hydrogen-bond acceptors (Lipinski definition) is 3. The molecule has 1 fully saturated rings. The number of aromatic nitrogens is 1. The second-order valence-corrected chi connectivity index (χ2v) is 6.91. The van der Waals surface area contributed by atoms with Crippen molar-refractivity contribution in [1.82, 2.24) is 4.98 Å². The molecule has 2 N–H and O–H groups in total. The van der Waals surface area contributed by atoms with Crippen LogP contribution < -0.4 is 5.73 Å². The first-order valence-electron chi connectivity index (χ1n) is 7.36. The minimum absolute atomic E-state index is 0.370. The lowest BCUT2D eigenvalue weighted by molar-refractivity contribution is 0.227. The van der Waals surface area contributed by atoms with Gasteiger partial charge in [-0.05, 0) is 43.2 Å². The minimum atomic E-state index is 0.370. The summed E-state index contributed by atoms with van der Waals surface area (Å²) in [5.41, 5.74) is 7.45. The molecule has 3 unspecified atom stereocenters. The predicted octanol–water partition coefficient (Wildman–Crippen LogP) is 3.99. The molecule has 0 radical (unpaired) electrons. The highest BCUT2D eigenvalue weighted by Crippen LogP contribution is 2.34. The Balaban J connectivity index is 1.75. The molecular formula is C16H22N2S. The highest BCUT2D eigenvalue weighted by molar-refractivity contribution is 7.18. The van der Waals surface area contributed by atoms with Gasteiger partial charge in [0.05, 0.1) is 15.2 Å². The van der Waals surface area contributed by atoms with Gasteiger partial charge in [-0.3, -0.25) is 0 Å². The van der Waals surface area contributed by atoms with Crippen molar-refractivity contribution in [1.29, 1.82) is 0 Å². The van der Waals surface area contributed by atoms with E-state index in [0.717, 1.165) is 17.9 Å². The Bertz CT molecular complexity index is 515.